The number of halogens is 1. The van der Waals surface area contributed by atoms with Gasteiger partial charge in [-0.3, -0.25) is 4.90 Å². The Kier molecular flexibility index (Phi) is 3.63. The van der Waals surface area contributed by atoms with E-state index in [0.717, 1.165) is 30.1 Å². The molecule has 0 amide bonds. The van der Waals surface area contributed by atoms with Gasteiger partial charge in [0.2, 0.25) is 0 Å². The summed E-state index contributed by atoms with van der Waals surface area (Å²) in [6, 6.07) is 6.94. The fraction of sp³-hybridized carbons (Fsp3) is 0.562. The highest BCUT2D eigenvalue weighted by Gasteiger charge is 2.30. The second kappa shape index (κ2) is 5.61. The molecule has 4 heterocycles. The number of hydrogen-bond acceptors (Lipinski definition) is 3. The highest BCUT2D eigenvalue weighted by Crippen LogP contribution is 2.28. The summed E-state index contributed by atoms with van der Waals surface area (Å²) in [7, 11) is 0. The largest absolute Gasteiger partial charge is 0.352 e. The number of piperazine rings is 1. The summed E-state index contributed by atoms with van der Waals surface area (Å²) in [5, 5.41) is 0.846. The van der Waals surface area contributed by atoms with Crippen LogP contribution in [0.25, 0.3) is 5.65 Å². The summed E-state index contributed by atoms with van der Waals surface area (Å²) >= 11 is 3.65. The van der Waals surface area contributed by atoms with Gasteiger partial charge in [-0.1, -0.05) is 28.4 Å². The first kappa shape index (κ1) is 13.6. The van der Waals surface area contributed by atoms with Crippen molar-refractivity contribution in [2.24, 2.45) is 0 Å². The van der Waals surface area contributed by atoms with Crippen LogP contribution < -0.4 is 4.90 Å². The molecule has 5 heteroatoms. The van der Waals surface area contributed by atoms with E-state index in [1.807, 2.05) is 0 Å². The molecule has 0 aliphatic carbocycles. The smallest absolute Gasteiger partial charge is 0.152 e. The van der Waals surface area contributed by atoms with Gasteiger partial charge in [-0.15, -0.1) is 0 Å². The number of nitrogens with zero attached hydrogens (tertiary/aromatic N) is 4. The third-order valence-corrected chi connectivity index (χ3v) is 5.40. The molecule has 4 nitrogen and oxygen atoms in total. The molecule has 2 aliphatic rings. The van der Waals surface area contributed by atoms with Crippen LogP contribution in [0, 0.1) is 0 Å². The summed E-state index contributed by atoms with van der Waals surface area (Å²) in [5.74, 6) is 1.17. The number of hydrogen-bond donors (Lipinski definition) is 0. The van der Waals surface area contributed by atoms with Gasteiger partial charge in [-0.25, -0.2) is 4.98 Å². The maximum absolute atomic E-state index is 4.89. The van der Waals surface area contributed by atoms with Crippen LogP contribution in [-0.4, -0.2) is 46.5 Å². The Labute approximate surface area is 133 Å². The molecule has 0 aromatic carbocycles. The van der Waals surface area contributed by atoms with E-state index in [4.69, 9.17) is 4.98 Å². The normalized spacial score (nSPS) is 23.5. The van der Waals surface area contributed by atoms with Crippen LogP contribution in [0.2, 0.25) is 0 Å². The Morgan fingerprint density at radius 3 is 3.05 bits per heavy atom. The van der Waals surface area contributed by atoms with Crippen LogP contribution >= 0.6 is 15.9 Å². The number of fused-ring (bicyclic) bond motifs is 2. The van der Waals surface area contributed by atoms with Crippen LogP contribution in [0.5, 0.6) is 0 Å². The maximum Gasteiger partial charge on any atom is 0.152 e. The summed E-state index contributed by atoms with van der Waals surface area (Å²) in [6.45, 7) is 4.69. The standard InChI is InChI=1S/C16H21BrN4/c17-11-14-16(18-15-6-2-4-8-21(14)15)20-10-9-19-7-3-1-5-13(19)12-20/h2,4,6,8,13H,1,3,5,7,9-12H2. The van der Waals surface area contributed by atoms with E-state index in [-0.39, 0.29) is 0 Å². The summed E-state index contributed by atoms with van der Waals surface area (Å²) < 4.78 is 2.21. The molecular formula is C16H21BrN4. The SMILES string of the molecule is BrCc1c(N2CCN3CCCCC3C2)nc2ccccn12. The van der Waals surface area contributed by atoms with Crippen LogP contribution in [0.3, 0.4) is 0 Å². The Balaban J connectivity index is 1.66. The molecule has 2 aromatic rings. The zero-order valence-corrected chi connectivity index (χ0v) is 13.8. The molecule has 0 spiro atoms. The average Bonchev–Trinajstić information content (AvgIpc) is 2.93. The average molecular weight is 349 g/mol. The molecule has 0 bridgehead atoms. The molecular weight excluding hydrogens is 328 g/mol. The van der Waals surface area contributed by atoms with Crippen molar-refractivity contribution in [2.45, 2.75) is 30.6 Å². The number of pyridine rings is 1. The van der Waals surface area contributed by atoms with Gasteiger partial charge >= 0.3 is 0 Å². The lowest BCUT2D eigenvalue weighted by Gasteiger charge is -2.44. The Hall–Kier alpha value is -1.07. The van der Waals surface area contributed by atoms with Gasteiger partial charge in [0.25, 0.3) is 0 Å². The maximum atomic E-state index is 4.89. The second-order valence-corrected chi connectivity index (χ2v) is 6.64. The van der Waals surface area contributed by atoms with Crippen molar-refractivity contribution in [1.82, 2.24) is 14.3 Å². The summed E-state index contributed by atoms with van der Waals surface area (Å²) in [6.07, 6.45) is 6.20. The van der Waals surface area contributed by atoms with Crippen molar-refractivity contribution < 1.29 is 0 Å². The van der Waals surface area contributed by atoms with E-state index in [0.29, 0.717) is 0 Å². The first-order valence-corrected chi connectivity index (χ1v) is 9.00. The number of anilines is 1. The number of alkyl halides is 1. The van der Waals surface area contributed by atoms with Gasteiger partial charge in [-0.2, -0.15) is 0 Å². The van der Waals surface area contributed by atoms with Crippen molar-refractivity contribution in [2.75, 3.05) is 31.1 Å². The van der Waals surface area contributed by atoms with Crippen molar-refractivity contribution in [3.63, 3.8) is 0 Å². The zero-order chi connectivity index (χ0) is 14.2. The molecule has 0 N–H and O–H groups in total. The Morgan fingerprint density at radius 1 is 1.19 bits per heavy atom. The van der Waals surface area contributed by atoms with Crippen LogP contribution in [-0.2, 0) is 5.33 Å². The third kappa shape index (κ3) is 2.36. The number of piperidine rings is 1. The third-order valence-electron chi connectivity index (χ3n) is 4.87. The molecule has 0 saturated carbocycles. The van der Waals surface area contributed by atoms with Gasteiger partial charge in [0.1, 0.15) is 5.65 Å². The van der Waals surface area contributed by atoms with Gasteiger partial charge in [0.15, 0.2) is 5.82 Å². The molecule has 1 atom stereocenters. The van der Waals surface area contributed by atoms with Gasteiger partial charge in [0.05, 0.1) is 5.69 Å². The van der Waals surface area contributed by atoms with E-state index < -0.39 is 0 Å². The van der Waals surface area contributed by atoms with Crippen LogP contribution in [0.1, 0.15) is 25.0 Å². The van der Waals surface area contributed by atoms with Crippen LogP contribution in [0.15, 0.2) is 24.4 Å². The van der Waals surface area contributed by atoms with Crippen LogP contribution in [0.4, 0.5) is 5.82 Å². The molecule has 2 aliphatic heterocycles. The monoisotopic (exact) mass is 348 g/mol. The molecule has 2 fully saturated rings. The van der Waals surface area contributed by atoms with Gasteiger partial charge in [-0.05, 0) is 31.5 Å². The highest BCUT2D eigenvalue weighted by atomic mass is 79.9. The minimum atomic E-state index is 0.723. The summed E-state index contributed by atoms with van der Waals surface area (Å²) in [4.78, 5) is 10.1. The fourth-order valence-corrected chi connectivity index (χ4v) is 4.28. The van der Waals surface area contributed by atoms with Crippen molar-refractivity contribution in [3.05, 3.63) is 30.1 Å². The molecule has 2 aromatic heterocycles. The van der Waals surface area contributed by atoms with E-state index in [1.54, 1.807) is 0 Å². The molecule has 0 radical (unpaired) electrons. The highest BCUT2D eigenvalue weighted by molar-refractivity contribution is 9.08. The number of rotatable bonds is 2. The van der Waals surface area contributed by atoms with E-state index in [1.165, 1.54) is 43.9 Å². The lowest BCUT2D eigenvalue weighted by Crippen LogP contribution is -2.55. The molecule has 1 unspecified atom stereocenters. The van der Waals surface area contributed by atoms with E-state index in [2.05, 4.69) is 54.5 Å². The molecule has 4 rings (SSSR count). The number of imidazole rings is 1. The number of aromatic nitrogens is 2. The quantitative estimate of drug-likeness (QED) is 0.779. The first-order chi connectivity index (χ1) is 10.4. The van der Waals surface area contributed by atoms with E-state index in [9.17, 15) is 0 Å². The molecule has 2 saturated heterocycles. The van der Waals surface area contributed by atoms with Crippen molar-refractivity contribution >= 4 is 27.4 Å². The Morgan fingerprint density at radius 2 is 2.14 bits per heavy atom. The Bertz CT molecular complexity index is 638. The predicted octanol–water partition coefficient (Wildman–Crippen LogP) is 2.90. The molecule has 21 heavy (non-hydrogen) atoms. The lowest BCUT2D eigenvalue weighted by molar-refractivity contribution is 0.133. The second-order valence-electron chi connectivity index (χ2n) is 6.08. The molecule has 112 valence electrons. The first-order valence-electron chi connectivity index (χ1n) is 7.88. The fourth-order valence-electron chi connectivity index (χ4n) is 3.76. The van der Waals surface area contributed by atoms with E-state index >= 15 is 0 Å². The van der Waals surface area contributed by atoms with Gasteiger partial charge < -0.3 is 9.30 Å². The summed E-state index contributed by atoms with van der Waals surface area (Å²) in [5.41, 5.74) is 2.32. The minimum absolute atomic E-state index is 0.723. The lowest BCUT2D eigenvalue weighted by atomic mass is 9.99. The topological polar surface area (TPSA) is 23.8 Å². The minimum Gasteiger partial charge on any atom is -0.352 e. The van der Waals surface area contributed by atoms with Crippen molar-refractivity contribution in [3.8, 4) is 0 Å². The van der Waals surface area contributed by atoms with Gasteiger partial charge in [0, 0.05) is 37.2 Å². The van der Waals surface area contributed by atoms with Crippen molar-refractivity contribution in [1.29, 1.82) is 0 Å². The zero-order valence-electron chi connectivity index (χ0n) is 12.2. The predicted molar refractivity (Wildman–Crippen MR) is 89.2 cm³/mol.